The van der Waals surface area contributed by atoms with Crippen LogP contribution in [0.25, 0.3) is 54.9 Å². The number of fused-ring (bicyclic) bond motifs is 2. The van der Waals surface area contributed by atoms with E-state index in [2.05, 4.69) is 134 Å². The second kappa shape index (κ2) is 10.0. The molecule has 0 unspecified atom stereocenters. The third kappa shape index (κ3) is 4.21. The Kier molecular flexibility index (Phi) is 6.32. The molecule has 6 aromatic rings. The van der Waals surface area contributed by atoms with Gasteiger partial charge in [-0.15, -0.1) is 11.8 Å². The fourth-order valence-electron chi connectivity index (χ4n) is 5.17. The first kappa shape index (κ1) is 22.6. The Bertz CT molecular complexity index is 1590. The van der Waals surface area contributed by atoms with Gasteiger partial charge in [0.25, 0.3) is 0 Å². The van der Waals surface area contributed by atoms with Gasteiger partial charge in [0.05, 0.1) is 0 Å². The summed E-state index contributed by atoms with van der Waals surface area (Å²) in [5, 5.41) is 5.20. The van der Waals surface area contributed by atoms with Crippen LogP contribution in [0.4, 0.5) is 0 Å². The van der Waals surface area contributed by atoms with Crippen molar-refractivity contribution in [1.82, 2.24) is 0 Å². The molecular weight excluding hydrogens is 452 g/mol. The summed E-state index contributed by atoms with van der Waals surface area (Å²) < 4.78 is 0. The number of hydrogen-bond donors (Lipinski definition) is 0. The number of rotatable bonds is 6. The second-order valence-corrected chi connectivity index (χ2v) is 10.3. The lowest BCUT2D eigenvalue weighted by molar-refractivity contribution is 1.10. The molecule has 6 aromatic carbocycles. The molecule has 0 N–H and O–H groups in total. The number of hydrogen-bond acceptors (Lipinski definition) is 1. The Morgan fingerprint density at radius 3 is 1.50 bits per heavy atom. The smallest absolute Gasteiger partial charge is 0.00781 e. The van der Waals surface area contributed by atoms with Gasteiger partial charge in [0.2, 0.25) is 0 Å². The van der Waals surface area contributed by atoms with E-state index in [9.17, 15) is 0 Å². The molecule has 0 radical (unpaired) electrons. The van der Waals surface area contributed by atoms with Gasteiger partial charge in [0.15, 0.2) is 0 Å². The van der Waals surface area contributed by atoms with Crippen LogP contribution in [0.1, 0.15) is 13.3 Å². The highest BCUT2D eigenvalue weighted by Crippen LogP contribution is 2.44. The van der Waals surface area contributed by atoms with Gasteiger partial charge in [-0.3, -0.25) is 0 Å². The topological polar surface area (TPSA) is 0 Å². The van der Waals surface area contributed by atoms with E-state index in [1.54, 1.807) is 0 Å². The van der Waals surface area contributed by atoms with Gasteiger partial charge in [0, 0.05) is 4.90 Å². The van der Waals surface area contributed by atoms with E-state index >= 15 is 0 Å². The molecule has 0 spiro atoms. The Labute approximate surface area is 217 Å². The van der Waals surface area contributed by atoms with Crippen LogP contribution >= 0.6 is 11.8 Å². The SMILES string of the molecule is CCCSc1cccc(-c2c3ccccc3c(-c3ccc(-c4ccccc4)cc3)c3ccccc23)c1. The fraction of sp³-hybridized carbons (Fsp3) is 0.0857. The van der Waals surface area contributed by atoms with Crippen molar-refractivity contribution in [2.24, 2.45) is 0 Å². The van der Waals surface area contributed by atoms with Crippen molar-refractivity contribution in [2.75, 3.05) is 5.75 Å². The van der Waals surface area contributed by atoms with E-state index in [0.29, 0.717) is 0 Å². The fourth-order valence-corrected chi connectivity index (χ4v) is 6.00. The van der Waals surface area contributed by atoms with Crippen LogP contribution in [-0.2, 0) is 0 Å². The van der Waals surface area contributed by atoms with Crippen molar-refractivity contribution < 1.29 is 0 Å². The molecule has 0 aliphatic rings. The summed E-state index contributed by atoms with van der Waals surface area (Å²) in [5.41, 5.74) is 7.65. The molecule has 0 amide bonds. The third-order valence-corrected chi connectivity index (χ3v) is 8.01. The highest BCUT2D eigenvalue weighted by molar-refractivity contribution is 7.99. The summed E-state index contributed by atoms with van der Waals surface area (Å²) in [7, 11) is 0. The first-order chi connectivity index (χ1) is 17.8. The van der Waals surface area contributed by atoms with Crippen molar-refractivity contribution in [3.63, 3.8) is 0 Å². The van der Waals surface area contributed by atoms with Gasteiger partial charge in [-0.2, -0.15) is 0 Å². The second-order valence-electron chi connectivity index (χ2n) is 9.16. The molecule has 0 aliphatic heterocycles. The van der Waals surface area contributed by atoms with Gasteiger partial charge >= 0.3 is 0 Å². The Morgan fingerprint density at radius 2 is 0.917 bits per heavy atom. The highest BCUT2D eigenvalue weighted by Gasteiger charge is 2.16. The normalized spacial score (nSPS) is 11.2. The van der Waals surface area contributed by atoms with E-state index in [1.807, 2.05) is 11.8 Å². The quantitative estimate of drug-likeness (QED) is 0.169. The maximum Gasteiger partial charge on any atom is 0.00781 e. The first-order valence-electron chi connectivity index (χ1n) is 12.7. The zero-order valence-electron chi connectivity index (χ0n) is 20.4. The number of benzene rings is 6. The summed E-state index contributed by atoms with van der Waals surface area (Å²) in [6.07, 6.45) is 1.18. The lowest BCUT2D eigenvalue weighted by Gasteiger charge is -2.18. The van der Waals surface area contributed by atoms with Crippen molar-refractivity contribution >= 4 is 33.3 Å². The van der Waals surface area contributed by atoms with Gasteiger partial charge in [-0.25, -0.2) is 0 Å². The summed E-state index contributed by atoms with van der Waals surface area (Å²) in [6.45, 7) is 2.24. The minimum atomic E-state index is 1.14. The van der Waals surface area contributed by atoms with Crippen LogP contribution in [-0.4, -0.2) is 5.75 Å². The van der Waals surface area contributed by atoms with Crippen molar-refractivity contribution in [2.45, 2.75) is 18.2 Å². The molecule has 0 aromatic heterocycles. The number of thioether (sulfide) groups is 1. The van der Waals surface area contributed by atoms with Crippen molar-refractivity contribution in [1.29, 1.82) is 0 Å². The van der Waals surface area contributed by atoms with Crippen LogP contribution in [0.3, 0.4) is 0 Å². The summed E-state index contributed by atoms with van der Waals surface area (Å²) in [4.78, 5) is 1.34. The molecule has 0 saturated carbocycles. The van der Waals surface area contributed by atoms with Crippen LogP contribution in [0.15, 0.2) is 132 Å². The Morgan fingerprint density at radius 1 is 0.444 bits per heavy atom. The highest BCUT2D eigenvalue weighted by atomic mass is 32.2. The molecule has 6 rings (SSSR count). The maximum atomic E-state index is 2.36. The molecule has 0 saturated heterocycles. The largest absolute Gasteiger partial charge is 0.126 e. The van der Waals surface area contributed by atoms with Crippen LogP contribution in [0.5, 0.6) is 0 Å². The molecule has 1 heteroatoms. The predicted molar refractivity (Wildman–Crippen MR) is 159 cm³/mol. The molecule has 0 aliphatic carbocycles. The zero-order valence-corrected chi connectivity index (χ0v) is 21.3. The molecule has 36 heavy (non-hydrogen) atoms. The molecule has 0 nitrogen and oxygen atoms in total. The lowest BCUT2D eigenvalue weighted by atomic mass is 9.86. The molecule has 0 fully saturated rings. The van der Waals surface area contributed by atoms with Gasteiger partial charge < -0.3 is 0 Å². The van der Waals surface area contributed by atoms with Crippen LogP contribution < -0.4 is 0 Å². The standard InChI is InChI=1S/C35H28S/c1-2-23-36-29-14-10-13-28(24-29)35-32-17-8-6-15-30(32)34(31-16-7-9-18-33(31)35)27-21-19-26(20-22-27)25-11-4-3-5-12-25/h3-22,24H,2,23H2,1H3. The zero-order chi connectivity index (χ0) is 24.3. The minimum Gasteiger partial charge on any atom is -0.126 e. The lowest BCUT2D eigenvalue weighted by Crippen LogP contribution is -1.91. The van der Waals surface area contributed by atoms with Gasteiger partial charge in [-0.05, 0) is 79.2 Å². The van der Waals surface area contributed by atoms with Crippen molar-refractivity contribution in [3.05, 3.63) is 127 Å². The van der Waals surface area contributed by atoms with Crippen molar-refractivity contribution in [3.8, 4) is 33.4 Å². The van der Waals surface area contributed by atoms with Gasteiger partial charge in [-0.1, -0.05) is 122 Å². The first-order valence-corrected chi connectivity index (χ1v) is 13.6. The average Bonchev–Trinajstić information content (AvgIpc) is 2.95. The predicted octanol–water partition coefficient (Wildman–Crippen LogP) is 10.5. The molecule has 0 bridgehead atoms. The van der Waals surface area contributed by atoms with E-state index in [1.165, 1.54) is 66.2 Å². The molecule has 0 atom stereocenters. The summed E-state index contributed by atoms with van der Waals surface area (Å²) in [6, 6.07) is 46.5. The summed E-state index contributed by atoms with van der Waals surface area (Å²) in [5.74, 6) is 1.14. The maximum absolute atomic E-state index is 2.36. The third-order valence-electron chi connectivity index (χ3n) is 6.81. The summed E-state index contributed by atoms with van der Waals surface area (Å²) >= 11 is 1.94. The Balaban J connectivity index is 1.58. The van der Waals surface area contributed by atoms with Crippen LogP contribution in [0, 0.1) is 0 Å². The molecular formula is C35H28S. The monoisotopic (exact) mass is 480 g/mol. The minimum absolute atomic E-state index is 1.14. The van der Waals surface area contributed by atoms with Gasteiger partial charge in [0.1, 0.15) is 0 Å². The van der Waals surface area contributed by atoms with E-state index in [4.69, 9.17) is 0 Å². The van der Waals surface area contributed by atoms with E-state index in [0.717, 1.165) is 5.75 Å². The average molecular weight is 481 g/mol. The molecule has 0 heterocycles. The Hall–Kier alpha value is -3.81. The molecule has 174 valence electrons. The van der Waals surface area contributed by atoms with E-state index in [-0.39, 0.29) is 0 Å². The van der Waals surface area contributed by atoms with E-state index < -0.39 is 0 Å². The van der Waals surface area contributed by atoms with Crippen LogP contribution in [0.2, 0.25) is 0 Å².